The van der Waals surface area contributed by atoms with E-state index in [9.17, 15) is 5.11 Å². The molecule has 0 atom stereocenters. The minimum atomic E-state index is 0.0484. The van der Waals surface area contributed by atoms with E-state index in [-0.39, 0.29) is 19.0 Å². The van der Waals surface area contributed by atoms with Crippen molar-refractivity contribution in [2.75, 3.05) is 50.8 Å². The van der Waals surface area contributed by atoms with E-state index < -0.39 is 0 Å². The monoisotopic (exact) mass is 266 g/mol. The zero-order valence-electron chi connectivity index (χ0n) is 11.1. The van der Waals surface area contributed by atoms with Gasteiger partial charge in [-0.25, -0.2) is 0 Å². The molecule has 106 valence electrons. The zero-order valence-corrected chi connectivity index (χ0v) is 11.1. The molecule has 5 heteroatoms. The zero-order chi connectivity index (χ0) is 13.7. The normalized spacial score (nSPS) is 16.8. The number of rotatable bonds is 5. The molecule has 0 bridgehead atoms. The number of benzene rings is 1. The Morgan fingerprint density at radius 1 is 1.00 bits per heavy atom. The van der Waals surface area contributed by atoms with Crippen molar-refractivity contribution < 1.29 is 15.3 Å². The molecule has 1 aliphatic heterocycles. The van der Waals surface area contributed by atoms with Crippen LogP contribution in [0.1, 0.15) is 5.56 Å². The maximum absolute atomic E-state index is 9.91. The van der Waals surface area contributed by atoms with Gasteiger partial charge in [0.1, 0.15) is 5.75 Å². The number of piperazine rings is 1. The van der Waals surface area contributed by atoms with Gasteiger partial charge in [-0.05, 0) is 18.1 Å². The first-order chi connectivity index (χ1) is 9.24. The Bertz CT molecular complexity index is 404. The Balaban J connectivity index is 1.97. The lowest BCUT2D eigenvalue weighted by Crippen LogP contribution is -2.47. The number of phenols is 1. The summed E-state index contributed by atoms with van der Waals surface area (Å²) in [6.45, 7) is 4.65. The van der Waals surface area contributed by atoms with Gasteiger partial charge in [0.2, 0.25) is 0 Å². The molecule has 1 aromatic rings. The molecule has 0 radical (unpaired) electrons. The highest BCUT2D eigenvalue weighted by Gasteiger charge is 2.17. The number of aliphatic hydroxyl groups excluding tert-OH is 2. The summed E-state index contributed by atoms with van der Waals surface area (Å²) in [5, 5.41) is 27.7. The number of anilines is 1. The van der Waals surface area contributed by atoms with Crippen LogP contribution in [0.25, 0.3) is 0 Å². The van der Waals surface area contributed by atoms with Crippen LogP contribution in [0, 0.1) is 0 Å². The Labute approximate surface area is 113 Å². The first-order valence-corrected chi connectivity index (χ1v) is 6.75. The van der Waals surface area contributed by atoms with Crippen LogP contribution >= 0.6 is 0 Å². The number of aromatic hydroxyl groups is 1. The summed E-state index contributed by atoms with van der Waals surface area (Å²) < 4.78 is 0. The van der Waals surface area contributed by atoms with Gasteiger partial charge in [0.25, 0.3) is 0 Å². The predicted molar refractivity (Wildman–Crippen MR) is 74.6 cm³/mol. The van der Waals surface area contributed by atoms with Crippen LogP contribution in [0.3, 0.4) is 0 Å². The van der Waals surface area contributed by atoms with E-state index in [1.807, 2.05) is 12.1 Å². The van der Waals surface area contributed by atoms with E-state index in [0.717, 1.165) is 44.0 Å². The second-order valence-electron chi connectivity index (χ2n) is 4.84. The summed E-state index contributed by atoms with van der Waals surface area (Å²) in [5.74, 6) is 0.254. The molecule has 1 heterocycles. The number of β-amino-alcohol motifs (C(OH)–C–C–N with tert-alkyl or cyclic N) is 1. The molecule has 1 aromatic carbocycles. The van der Waals surface area contributed by atoms with Gasteiger partial charge in [-0.2, -0.15) is 0 Å². The third-order valence-corrected chi connectivity index (χ3v) is 3.60. The van der Waals surface area contributed by atoms with Crippen molar-refractivity contribution in [3.8, 4) is 5.75 Å². The molecule has 1 fully saturated rings. The fourth-order valence-corrected chi connectivity index (χ4v) is 2.45. The third kappa shape index (κ3) is 3.59. The van der Waals surface area contributed by atoms with Crippen LogP contribution in [0.4, 0.5) is 5.69 Å². The van der Waals surface area contributed by atoms with E-state index in [1.165, 1.54) is 0 Å². The number of hydrogen-bond acceptors (Lipinski definition) is 5. The molecule has 2 rings (SSSR count). The average molecular weight is 266 g/mol. The van der Waals surface area contributed by atoms with E-state index in [0.29, 0.717) is 6.42 Å². The largest absolute Gasteiger partial charge is 0.508 e. The van der Waals surface area contributed by atoms with E-state index in [1.54, 1.807) is 6.07 Å². The molecule has 0 spiro atoms. The molecular weight excluding hydrogens is 244 g/mol. The summed E-state index contributed by atoms with van der Waals surface area (Å²) >= 11 is 0. The van der Waals surface area contributed by atoms with Gasteiger partial charge < -0.3 is 20.2 Å². The summed E-state index contributed by atoms with van der Waals surface area (Å²) in [6.07, 6.45) is 0.483. The molecule has 3 N–H and O–H groups in total. The summed E-state index contributed by atoms with van der Waals surface area (Å²) in [7, 11) is 0. The standard InChI is InChI=1S/C14H22N2O3/c17-9-3-12-1-2-13(11-14(12)19)16-6-4-15(5-7-16)8-10-18/h1-2,11,17-19H,3-10H2. The molecule has 0 unspecified atom stereocenters. The SMILES string of the molecule is OCCc1ccc(N2CCN(CCO)CC2)cc1O. The molecule has 0 saturated carbocycles. The Morgan fingerprint density at radius 3 is 2.32 bits per heavy atom. The van der Waals surface area contributed by atoms with Crippen LogP contribution in [-0.2, 0) is 6.42 Å². The molecule has 0 amide bonds. The number of aliphatic hydroxyl groups is 2. The van der Waals surface area contributed by atoms with Crippen LogP contribution in [0.2, 0.25) is 0 Å². The lowest BCUT2D eigenvalue weighted by atomic mass is 10.1. The topological polar surface area (TPSA) is 67.2 Å². The quantitative estimate of drug-likeness (QED) is 0.702. The molecule has 1 saturated heterocycles. The Morgan fingerprint density at radius 2 is 1.74 bits per heavy atom. The van der Waals surface area contributed by atoms with Crippen molar-refractivity contribution in [2.45, 2.75) is 6.42 Å². The van der Waals surface area contributed by atoms with Gasteiger partial charge in [-0.15, -0.1) is 0 Å². The predicted octanol–water partition coefficient (Wildman–Crippen LogP) is 0.0413. The molecular formula is C14H22N2O3. The first-order valence-electron chi connectivity index (χ1n) is 6.75. The fourth-order valence-electron chi connectivity index (χ4n) is 2.45. The summed E-state index contributed by atoms with van der Waals surface area (Å²) in [5.41, 5.74) is 1.80. The van der Waals surface area contributed by atoms with Crippen LogP contribution in [0.15, 0.2) is 18.2 Å². The average Bonchev–Trinajstić information content (AvgIpc) is 2.43. The maximum atomic E-state index is 9.91. The number of nitrogens with zero attached hydrogens (tertiary/aromatic N) is 2. The minimum absolute atomic E-state index is 0.0484. The second-order valence-corrected chi connectivity index (χ2v) is 4.84. The van der Waals surface area contributed by atoms with Gasteiger partial charge in [0, 0.05) is 51.1 Å². The van der Waals surface area contributed by atoms with Crippen LogP contribution < -0.4 is 4.90 Å². The van der Waals surface area contributed by atoms with Crippen molar-refractivity contribution >= 4 is 5.69 Å². The maximum Gasteiger partial charge on any atom is 0.120 e. The Hall–Kier alpha value is -1.30. The van der Waals surface area contributed by atoms with Gasteiger partial charge in [-0.1, -0.05) is 6.07 Å². The van der Waals surface area contributed by atoms with Gasteiger partial charge in [-0.3, -0.25) is 4.90 Å². The van der Waals surface area contributed by atoms with Crippen molar-refractivity contribution in [1.82, 2.24) is 4.90 Å². The molecule has 0 aliphatic carbocycles. The number of phenolic OH excluding ortho intramolecular Hbond substituents is 1. The fraction of sp³-hybridized carbons (Fsp3) is 0.571. The highest BCUT2D eigenvalue weighted by atomic mass is 16.3. The molecule has 1 aliphatic rings. The highest BCUT2D eigenvalue weighted by Crippen LogP contribution is 2.25. The first kappa shape index (κ1) is 14.1. The van der Waals surface area contributed by atoms with Crippen molar-refractivity contribution in [1.29, 1.82) is 0 Å². The molecule has 19 heavy (non-hydrogen) atoms. The van der Waals surface area contributed by atoms with Crippen LogP contribution in [-0.4, -0.2) is 66.2 Å². The van der Waals surface area contributed by atoms with Crippen molar-refractivity contribution in [3.05, 3.63) is 23.8 Å². The highest BCUT2D eigenvalue weighted by molar-refractivity contribution is 5.53. The second kappa shape index (κ2) is 6.75. The number of hydrogen-bond donors (Lipinski definition) is 3. The van der Waals surface area contributed by atoms with Crippen LogP contribution in [0.5, 0.6) is 5.75 Å². The minimum Gasteiger partial charge on any atom is -0.508 e. The Kier molecular flexibility index (Phi) is 5.01. The van der Waals surface area contributed by atoms with Crippen molar-refractivity contribution in [3.63, 3.8) is 0 Å². The van der Waals surface area contributed by atoms with Gasteiger partial charge >= 0.3 is 0 Å². The van der Waals surface area contributed by atoms with E-state index in [4.69, 9.17) is 10.2 Å². The van der Waals surface area contributed by atoms with Gasteiger partial charge in [0.05, 0.1) is 6.61 Å². The lowest BCUT2D eigenvalue weighted by molar-refractivity contribution is 0.189. The van der Waals surface area contributed by atoms with Gasteiger partial charge in [0.15, 0.2) is 0 Å². The van der Waals surface area contributed by atoms with E-state index >= 15 is 0 Å². The lowest BCUT2D eigenvalue weighted by Gasteiger charge is -2.35. The summed E-state index contributed by atoms with van der Waals surface area (Å²) in [4.78, 5) is 4.47. The van der Waals surface area contributed by atoms with Crippen molar-refractivity contribution in [2.24, 2.45) is 0 Å². The molecule has 0 aromatic heterocycles. The van der Waals surface area contributed by atoms with E-state index in [2.05, 4.69) is 9.80 Å². The smallest absolute Gasteiger partial charge is 0.120 e. The third-order valence-electron chi connectivity index (χ3n) is 3.60. The summed E-state index contributed by atoms with van der Waals surface area (Å²) in [6, 6.07) is 5.64. The molecule has 5 nitrogen and oxygen atoms in total.